The maximum absolute atomic E-state index is 5.35. The Labute approximate surface area is 281 Å². The molecule has 0 saturated heterocycles. The van der Waals surface area contributed by atoms with Crippen molar-refractivity contribution < 1.29 is 0 Å². The highest BCUT2D eigenvalue weighted by atomic mass is 32.1. The first-order valence-electron chi connectivity index (χ1n) is 16.2. The van der Waals surface area contributed by atoms with Gasteiger partial charge in [-0.2, -0.15) is 0 Å². The first-order chi connectivity index (χ1) is 22.9. The fourth-order valence-electron chi connectivity index (χ4n) is 6.52. The van der Waals surface area contributed by atoms with E-state index in [2.05, 4.69) is 177 Å². The van der Waals surface area contributed by atoms with Crippen molar-refractivity contribution in [2.45, 2.75) is 19.6 Å². The molecule has 0 radical (unpaired) electrons. The number of hydrogen-bond acceptors (Lipinski definition) is 2. The molecule has 226 valence electrons. The van der Waals surface area contributed by atoms with Crippen molar-refractivity contribution in [2.75, 3.05) is 0 Å². The number of nitrogens with zero attached hydrogens (tertiary/aromatic N) is 1. The Bertz CT molecular complexity index is 2390. The summed E-state index contributed by atoms with van der Waals surface area (Å²) in [5.41, 5.74) is 11.5. The van der Waals surface area contributed by atoms with E-state index in [1.165, 1.54) is 59.4 Å². The minimum Gasteiger partial charge on any atom is -0.248 e. The average Bonchev–Trinajstić information content (AvgIpc) is 3.55. The third kappa shape index (κ3) is 5.74. The van der Waals surface area contributed by atoms with Crippen molar-refractivity contribution in [3.63, 3.8) is 0 Å². The number of rotatable bonds is 6. The molecule has 0 aliphatic rings. The summed E-state index contributed by atoms with van der Waals surface area (Å²) in [7, 11) is -1.34. The van der Waals surface area contributed by atoms with Gasteiger partial charge < -0.3 is 0 Å². The van der Waals surface area contributed by atoms with Crippen LogP contribution in [0.15, 0.2) is 157 Å². The molecule has 0 bridgehead atoms. The molecule has 8 rings (SSSR count). The third-order valence-electron chi connectivity index (χ3n) is 9.12. The predicted molar refractivity (Wildman–Crippen MR) is 207 cm³/mol. The smallest absolute Gasteiger partial charge is 0.0775 e. The van der Waals surface area contributed by atoms with Gasteiger partial charge >= 0.3 is 0 Å². The predicted octanol–water partition coefficient (Wildman–Crippen LogP) is 12.3. The Hall–Kier alpha value is -5.09. The molecular formula is C44H35NSSi. The zero-order valence-corrected chi connectivity index (χ0v) is 28.7. The maximum Gasteiger partial charge on any atom is 0.0775 e. The summed E-state index contributed by atoms with van der Waals surface area (Å²) >= 11 is 1.80. The lowest BCUT2D eigenvalue weighted by Crippen LogP contribution is -2.37. The van der Waals surface area contributed by atoms with Gasteiger partial charge in [0.25, 0.3) is 0 Å². The number of benzene rings is 6. The van der Waals surface area contributed by atoms with E-state index in [1.54, 1.807) is 11.3 Å². The molecule has 0 N–H and O–H groups in total. The van der Waals surface area contributed by atoms with Gasteiger partial charge in [0.15, 0.2) is 0 Å². The molecule has 0 spiro atoms. The second-order valence-electron chi connectivity index (χ2n) is 13.3. The molecule has 2 aromatic heterocycles. The van der Waals surface area contributed by atoms with Crippen molar-refractivity contribution in [1.82, 2.24) is 4.98 Å². The summed E-state index contributed by atoms with van der Waals surface area (Å²) in [4.78, 5) is 5.35. The third-order valence-corrected chi connectivity index (χ3v) is 12.2. The highest BCUT2D eigenvalue weighted by Crippen LogP contribution is 2.39. The van der Waals surface area contributed by atoms with Gasteiger partial charge in [0.05, 0.1) is 19.5 Å². The van der Waals surface area contributed by atoms with Crippen LogP contribution in [-0.4, -0.2) is 13.1 Å². The molecule has 0 aliphatic heterocycles. The van der Waals surface area contributed by atoms with E-state index in [0.29, 0.717) is 0 Å². The number of fused-ring (bicyclic) bond motifs is 2. The van der Waals surface area contributed by atoms with Gasteiger partial charge in [-0.05, 0) is 74.3 Å². The molecule has 0 fully saturated rings. The van der Waals surface area contributed by atoms with Crippen LogP contribution in [0, 0.1) is 0 Å². The van der Waals surface area contributed by atoms with Crippen LogP contribution in [0.4, 0.5) is 0 Å². The Morgan fingerprint density at radius 2 is 1.04 bits per heavy atom. The maximum atomic E-state index is 5.35. The highest BCUT2D eigenvalue weighted by molar-refractivity contribution is 7.17. The Kier molecular flexibility index (Phi) is 7.44. The molecule has 2 heterocycles. The number of hydrogen-bond donors (Lipinski definition) is 0. The van der Waals surface area contributed by atoms with E-state index in [0.717, 1.165) is 22.5 Å². The summed E-state index contributed by atoms with van der Waals surface area (Å²) in [6, 6.07) is 55.2. The van der Waals surface area contributed by atoms with E-state index >= 15 is 0 Å². The lowest BCUT2D eigenvalue weighted by molar-refractivity contribution is 1.33. The zero-order chi connectivity index (χ0) is 32.0. The van der Waals surface area contributed by atoms with Gasteiger partial charge in [0.1, 0.15) is 0 Å². The monoisotopic (exact) mass is 637 g/mol. The molecule has 0 atom stereocenters. The van der Waals surface area contributed by atoms with Crippen LogP contribution in [0.25, 0.3) is 76.8 Å². The van der Waals surface area contributed by atoms with Gasteiger partial charge in [-0.1, -0.05) is 146 Å². The van der Waals surface area contributed by atoms with Crippen LogP contribution in [0.5, 0.6) is 0 Å². The van der Waals surface area contributed by atoms with Crippen LogP contribution in [0.1, 0.15) is 0 Å². The average molecular weight is 638 g/mol. The van der Waals surface area contributed by atoms with Gasteiger partial charge in [-0.15, -0.1) is 11.3 Å². The van der Waals surface area contributed by atoms with Crippen molar-refractivity contribution in [1.29, 1.82) is 0 Å². The van der Waals surface area contributed by atoms with E-state index in [-0.39, 0.29) is 0 Å². The molecule has 3 heteroatoms. The molecule has 0 amide bonds. The highest BCUT2D eigenvalue weighted by Gasteiger charge is 2.17. The molecule has 47 heavy (non-hydrogen) atoms. The first-order valence-corrected chi connectivity index (χ1v) is 20.6. The van der Waals surface area contributed by atoms with Crippen LogP contribution >= 0.6 is 11.3 Å². The Morgan fingerprint density at radius 1 is 0.447 bits per heavy atom. The van der Waals surface area contributed by atoms with Crippen molar-refractivity contribution in [3.05, 3.63) is 157 Å². The molecule has 0 saturated carbocycles. The normalized spacial score (nSPS) is 11.7. The summed E-state index contributed by atoms with van der Waals surface area (Å²) < 4.78 is 1.30. The summed E-state index contributed by atoms with van der Waals surface area (Å²) in [6.45, 7) is 7.19. The van der Waals surface area contributed by atoms with E-state index in [9.17, 15) is 0 Å². The van der Waals surface area contributed by atoms with Crippen LogP contribution in [-0.2, 0) is 0 Å². The minimum absolute atomic E-state index is 0.973. The number of thiophene rings is 1. The molecular weight excluding hydrogens is 603 g/mol. The molecule has 6 aromatic carbocycles. The lowest BCUT2D eigenvalue weighted by Gasteiger charge is -2.17. The van der Waals surface area contributed by atoms with Crippen LogP contribution in [0.3, 0.4) is 0 Å². The molecule has 8 aromatic rings. The zero-order valence-electron chi connectivity index (χ0n) is 26.9. The van der Waals surface area contributed by atoms with Crippen LogP contribution in [0.2, 0.25) is 19.6 Å². The molecule has 0 aliphatic carbocycles. The van der Waals surface area contributed by atoms with E-state index in [4.69, 9.17) is 4.98 Å². The van der Waals surface area contributed by atoms with Gasteiger partial charge in [-0.25, -0.2) is 4.98 Å². The topological polar surface area (TPSA) is 12.9 Å². The minimum atomic E-state index is -1.34. The molecule has 1 nitrogen and oxygen atoms in total. The van der Waals surface area contributed by atoms with Crippen molar-refractivity contribution in [3.8, 4) is 55.9 Å². The summed E-state index contributed by atoms with van der Waals surface area (Å²) in [6.07, 6.45) is 0. The van der Waals surface area contributed by atoms with E-state index < -0.39 is 8.07 Å². The fraction of sp³-hybridized carbons (Fsp3) is 0.0682. The van der Waals surface area contributed by atoms with E-state index in [1.807, 2.05) is 0 Å². The first kappa shape index (κ1) is 29.3. The lowest BCUT2D eigenvalue weighted by atomic mass is 9.95. The fourth-order valence-corrected chi connectivity index (χ4v) is 8.66. The standard InChI is InChI=1S/C44H35NSSi/c1-47(2,3)37-23-21-30(22-24-37)32-13-8-14-33(25-32)34-15-9-16-35(26-34)42-27-36(41-29-46-44-20-7-6-18-40(41)44)28-43(45-42)39-19-10-12-31-11-4-5-17-38(31)39/h4-29H,1-3H3. The van der Waals surface area contributed by atoms with Crippen molar-refractivity contribution in [2.24, 2.45) is 0 Å². The summed E-state index contributed by atoms with van der Waals surface area (Å²) in [5, 5.41) is 7.48. The number of pyridine rings is 1. The molecule has 0 unspecified atom stereocenters. The largest absolute Gasteiger partial charge is 0.248 e. The summed E-state index contributed by atoms with van der Waals surface area (Å²) in [5.74, 6) is 0. The van der Waals surface area contributed by atoms with Crippen molar-refractivity contribution >= 4 is 45.5 Å². The van der Waals surface area contributed by atoms with Gasteiger partial charge in [0, 0.05) is 26.8 Å². The van der Waals surface area contributed by atoms with Crippen LogP contribution < -0.4 is 5.19 Å². The Balaban J connectivity index is 1.24. The Morgan fingerprint density at radius 3 is 1.81 bits per heavy atom. The van der Waals surface area contributed by atoms with Gasteiger partial charge in [-0.3, -0.25) is 0 Å². The SMILES string of the molecule is C[Si](C)(C)c1ccc(-c2cccc(-c3cccc(-c4cc(-c5csc6ccccc56)cc(-c5cccc6ccccc56)n4)c3)c2)cc1. The quantitative estimate of drug-likeness (QED) is 0.165. The number of aromatic nitrogens is 1. The van der Waals surface area contributed by atoms with Gasteiger partial charge in [0.2, 0.25) is 0 Å². The second kappa shape index (κ2) is 11.9. The second-order valence-corrected chi connectivity index (χ2v) is 19.3.